The number of benzene rings is 1. The lowest BCUT2D eigenvalue weighted by Crippen LogP contribution is -2.22. The topological polar surface area (TPSA) is 76.1 Å². The molecular formula is C18H22N4O2. The Kier molecular flexibility index (Phi) is 5.25. The molecule has 0 bridgehead atoms. The molecule has 1 aliphatic carbocycles. The van der Waals surface area contributed by atoms with E-state index in [1.165, 1.54) is 39.2 Å². The summed E-state index contributed by atoms with van der Waals surface area (Å²) >= 11 is 0. The Morgan fingerprint density at radius 1 is 1.12 bits per heavy atom. The van der Waals surface area contributed by atoms with E-state index in [-0.39, 0.29) is 5.97 Å². The lowest BCUT2D eigenvalue weighted by atomic mass is 9.95. The molecule has 1 aromatic heterocycles. The zero-order chi connectivity index (χ0) is 16.8. The molecule has 1 aliphatic rings. The van der Waals surface area contributed by atoms with Crippen molar-refractivity contribution in [1.29, 1.82) is 0 Å². The Hall–Kier alpha value is -2.63. The van der Waals surface area contributed by atoms with Gasteiger partial charge in [-0.1, -0.05) is 19.3 Å². The SMILES string of the molecule is COC(=O)c1ccc(Nc2nccc(NC3CCCCC3)n2)cc1. The molecule has 0 aliphatic heterocycles. The fourth-order valence-electron chi connectivity index (χ4n) is 2.89. The second-order valence-electron chi connectivity index (χ2n) is 5.94. The maximum absolute atomic E-state index is 11.4. The van der Waals surface area contributed by atoms with Crippen molar-refractivity contribution in [3.63, 3.8) is 0 Å². The lowest BCUT2D eigenvalue weighted by Gasteiger charge is -2.23. The van der Waals surface area contributed by atoms with Crippen molar-refractivity contribution in [2.75, 3.05) is 17.7 Å². The molecule has 2 aromatic rings. The highest BCUT2D eigenvalue weighted by molar-refractivity contribution is 5.89. The summed E-state index contributed by atoms with van der Waals surface area (Å²) in [5.74, 6) is 1.02. The van der Waals surface area contributed by atoms with Gasteiger partial charge in [-0.25, -0.2) is 9.78 Å². The number of rotatable bonds is 5. The quantitative estimate of drug-likeness (QED) is 0.815. The first-order valence-electron chi connectivity index (χ1n) is 8.29. The number of carbonyl (C=O) groups excluding carboxylic acids is 1. The van der Waals surface area contributed by atoms with Crippen molar-refractivity contribution in [1.82, 2.24) is 9.97 Å². The van der Waals surface area contributed by atoms with Gasteiger partial charge in [0.2, 0.25) is 5.95 Å². The van der Waals surface area contributed by atoms with Crippen LogP contribution in [0.25, 0.3) is 0 Å². The molecule has 0 spiro atoms. The second kappa shape index (κ2) is 7.77. The summed E-state index contributed by atoms with van der Waals surface area (Å²) in [6, 6.07) is 9.41. The van der Waals surface area contributed by atoms with E-state index < -0.39 is 0 Å². The molecule has 1 aromatic carbocycles. The van der Waals surface area contributed by atoms with Crippen LogP contribution in [-0.4, -0.2) is 29.1 Å². The first-order chi connectivity index (χ1) is 11.7. The van der Waals surface area contributed by atoms with Gasteiger partial charge in [-0.2, -0.15) is 4.98 Å². The maximum atomic E-state index is 11.4. The summed E-state index contributed by atoms with van der Waals surface area (Å²) in [6.45, 7) is 0. The third-order valence-corrected chi connectivity index (χ3v) is 4.17. The molecule has 0 atom stereocenters. The molecular weight excluding hydrogens is 304 g/mol. The number of hydrogen-bond acceptors (Lipinski definition) is 6. The summed E-state index contributed by atoms with van der Waals surface area (Å²) in [6.07, 6.45) is 8.02. The van der Waals surface area contributed by atoms with Gasteiger partial charge in [0.05, 0.1) is 12.7 Å². The molecule has 1 fully saturated rings. The largest absolute Gasteiger partial charge is 0.465 e. The molecule has 6 heteroatoms. The first kappa shape index (κ1) is 16.2. The third-order valence-electron chi connectivity index (χ3n) is 4.17. The highest BCUT2D eigenvalue weighted by Crippen LogP contribution is 2.21. The number of esters is 1. The van der Waals surface area contributed by atoms with Gasteiger partial charge in [-0.05, 0) is 43.2 Å². The van der Waals surface area contributed by atoms with Crippen LogP contribution in [0, 0.1) is 0 Å². The zero-order valence-electron chi connectivity index (χ0n) is 13.8. The number of ether oxygens (including phenoxy) is 1. The zero-order valence-corrected chi connectivity index (χ0v) is 13.8. The van der Waals surface area contributed by atoms with Crippen LogP contribution >= 0.6 is 0 Å². The van der Waals surface area contributed by atoms with Crippen LogP contribution < -0.4 is 10.6 Å². The summed E-state index contributed by atoms with van der Waals surface area (Å²) < 4.78 is 4.69. The first-order valence-corrected chi connectivity index (χ1v) is 8.29. The maximum Gasteiger partial charge on any atom is 0.337 e. The molecule has 2 N–H and O–H groups in total. The third kappa shape index (κ3) is 4.22. The Labute approximate surface area is 141 Å². The standard InChI is InChI=1S/C18H22N4O2/c1-24-17(23)13-7-9-15(10-8-13)21-18-19-12-11-16(22-18)20-14-5-3-2-4-6-14/h7-12,14H,2-6H2,1H3,(H2,19,20,21,22). The van der Waals surface area contributed by atoms with Crippen molar-refractivity contribution in [2.45, 2.75) is 38.1 Å². The van der Waals surface area contributed by atoms with Gasteiger partial charge in [0.15, 0.2) is 0 Å². The normalized spacial score (nSPS) is 14.9. The molecule has 0 radical (unpaired) electrons. The van der Waals surface area contributed by atoms with E-state index in [0.717, 1.165) is 11.5 Å². The van der Waals surface area contributed by atoms with Gasteiger partial charge in [0.25, 0.3) is 0 Å². The van der Waals surface area contributed by atoms with Crippen LogP contribution in [0.2, 0.25) is 0 Å². The van der Waals surface area contributed by atoms with Crippen molar-refractivity contribution < 1.29 is 9.53 Å². The van der Waals surface area contributed by atoms with Gasteiger partial charge < -0.3 is 15.4 Å². The smallest absolute Gasteiger partial charge is 0.337 e. The minimum atomic E-state index is -0.350. The number of nitrogens with zero attached hydrogens (tertiary/aromatic N) is 2. The summed E-state index contributed by atoms with van der Waals surface area (Å²) in [7, 11) is 1.37. The fraction of sp³-hybridized carbons (Fsp3) is 0.389. The molecule has 6 nitrogen and oxygen atoms in total. The minimum Gasteiger partial charge on any atom is -0.465 e. The van der Waals surface area contributed by atoms with Gasteiger partial charge >= 0.3 is 5.97 Å². The van der Waals surface area contributed by atoms with Crippen LogP contribution in [0.3, 0.4) is 0 Å². The van der Waals surface area contributed by atoms with E-state index in [1.54, 1.807) is 30.5 Å². The van der Waals surface area contributed by atoms with Crippen molar-refractivity contribution >= 4 is 23.4 Å². The van der Waals surface area contributed by atoms with E-state index in [2.05, 4.69) is 25.3 Å². The summed E-state index contributed by atoms with van der Waals surface area (Å²) in [5, 5.41) is 6.64. The highest BCUT2D eigenvalue weighted by atomic mass is 16.5. The number of anilines is 3. The average Bonchev–Trinajstić information content (AvgIpc) is 2.63. The van der Waals surface area contributed by atoms with Gasteiger partial charge in [0, 0.05) is 17.9 Å². The van der Waals surface area contributed by atoms with E-state index in [0.29, 0.717) is 17.6 Å². The fourth-order valence-corrected chi connectivity index (χ4v) is 2.89. The van der Waals surface area contributed by atoms with E-state index in [4.69, 9.17) is 0 Å². The van der Waals surface area contributed by atoms with Crippen LogP contribution in [0.4, 0.5) is 17.5 Å². The molecule has 3 rings (SSSR count). The number of methoxy groups -OCH3 is 1. The number of hydrogen-bond donors (Lipinski definition) is 2. The van der Waals surface area contributed by atoms with Gasteiger partial charge in [-0.3, -0.25) is 0 Å². The van der Waals surface area contributed by atoms with E-state index in [1.807, 2.05) is 6.07 Å². The van der Waals surface area contributed by atoms with Crippen LogP contribution in [0.1, 0.15) is 42.5 Å². The predicted octanol–water partition coefficient (Wildman–Crippen LogP) is 3.75. The average molecular weight is 326 g/mol. The minimum absolute atomic E-state index is 0.350. The molecule has 1 saturated carbocycles. The Morgan fingerprint density at radius 3 is 2.58 bits per heavy atom. The van der Waals surface area contributed by atoms with Gasteiger partial charge in [-0.15, -0.1) is 0 Å². The predicted molar refractivity (Wildman–Crippen MR) is 93.6 cm³/mol. The number of nitrogens with one attached hydrogen (secondary N) is 2. The monoisotopic (exact) mass is 326 g/mol. The van der Waals surface area contributed by atoms with Crippen LogP contribution in [0.15, 0.2) is 36.5 Å². The molecule has 0 unspecified atom stereocenters. The second-order valence-corrected chi connectivity index (χ2v) is 5.94. The van der Waals surface area contributed by atoms with Crippen LogP contribution in [-0.2, 0) is 4.74 Å². The van der Waals surface area contributed by atoms with Crippen LogP contribution in [0.5, 0.6) is 0 Å². The van der Waals surface area contributed by atoms with Gasteiger partial charge in [0.1, 0.15) is 5.82 Å². The molecule has 1 heterocycles. The van der Waals surface area contributed by atoms with Crippen molar-refractivity contribution in [3.8, 4) is 0 Å². The van der Waals surface area contributed by atoms with Crippen molar-refractivity contribution in [3.05, 3.63) is 42.1 Å². The summed E-state index contributed by atoms with van der Waals surface area (Å²) in [4.78, 5) is 20.2. The summed E-state index contributed by atoms with van der Waals surface area (Å²) in [5.41, 5.74) is 1.33. The molecule has 126 valence electrons. The molecule has 24 heavy (non-hydrogen) atoms. The molecule has 0 saturated heterocycles. The Balaban J connectivity index is 1.64. The Morgan fingerprint density at radius 2 is 1.88 bits per heavy atom. The molecule has 0 amide bonds. The lowest BCUT2D eigenvalue weighted by molar-refractivity contribution is 0.0601. The van der Waals surface area contributed by atoms with E-state index in [9.17, 15) is 4.79 Å². The van der Waals surface area contributed by atoms with E-state index >= 15 is 0 Å². The Bertz CT molecular complexity index is 682. The number of aromatic nitrogens is 2. The highest BCUT2D eigenvalue weighted by Gasteiger charge is 2.13. The van der Waals surface area contributed by atoms with Crippen molar-refractivity contribution in [2.24, 2.45) is 0 Å². The number of carbonyl (C=O) groups is 1.